The molecule has 1 aliphatic heterocycles. The second-order valence-electron chi connectivity index (χ2n) is 6.43. The standard InChI is InChI=1S/C18H24Cl2N2O/c1-13(2)17(12-22-8-4-5-9-22)21(3)18(23)11-14-6-7-15(19)16(20)10-14/h4-7,10,13,17H,8-9,11-12H2,1-3H3/t17-/m1/s1. The number of benzene rings is 1. The van der Waals surface area contributed by atoms with Gasteiger partial charge in [0.2, 0.25) is 5.91 Å². The molecule has 2 rings (SSSR count). The van der Waals surface area contributed by atoms with Crippen LogP contribution in [0.2, 0.25) is 10.0 Å². The summed E-state index contributed by atoms with van der Waals surface area (Å²) in [6, 6.07) is 5.56. The lowest BCUT2D eigenvalue weighted by molar-refractivity contribution is -0.132. The maximum Gasteiger partial charge on any atom is 0.227 e. The minimum Gasteiger partial charge on any atom is -0.341 e. The minimum absolute atomic E-state index is 0.106. The molecule has 1 heterocycles. The molecule has 1 aromatic rings. The molecular formula is C18H24Cl2N2O. The van der Waals surface area contributed by atoms with E-state index < -0.39 is 0 Å². The molecule has 1 atom stereocenters. The van der Waals surface area contributed by atoms with E-state index in [1.807, 2.05) is 18.0 Å². The number of nitrogens with zero attached hydrogens (tertiary/aromatic N) is 2. The number of carbonyl (C=O) groups is 1. The minimum atomic E-state index is 0.106. The molecule has 0 N–H and O–H groups in total. The van der Waals surface area contributed by atoms with Crippen LogP contribution in [0.15, 0.2) is 30.4 Å². The van der Waals surface area contributed by atoms with Gasteiger partial charge in [0, 0.05) is 32.7 Å². The number of carbonyl (C=O) groups excluding carboxylic acids is 1. The van der Waals surface area contributed by atoms with Crippen molar-refractivity contribution in [2.45, 2.75) is 26.3 Å². The van der Waals surface area contributed by atoms with Gasteiger partial charge in [0.15, 0.2) is 0 Å². The van der Waals surface area contributed by atoms with Crippen LogP contribution in [-0.2, 0) is 11.2 Å². The fourth-order valence-corrected chi connectivity index (χ4v) is 3.17. The van der Waals surface area contributed by atoms with E-state index in [9.17, 15) is 4.79 Å². The smallest absolute Gasteiger partial charge is 0.227 e. The second kappa shape index (κ2) is 8.18. The van der Waals surface area contributed by atoms with Crippen LogP contribution in [0.1, 0.15) is 19.4 Å². The van der Waals surface area contributed by atoms with Crippen LogP contribution in [0.3, 0.4) is 0 Å². The van der Waals surface area contributed by atoms with Crippen molar-refractivity contribution in [3.8, 4) is 0 Å². The summed E-state index contributed by atoms with van der Waals surface area (Å²) >= 11 is 12.0. The normalized spacial score (nSPS) is 16.1. The second-order valence-corrected chi connectivity index (χ2v) is 7.25. The predicted octanol–water partition coefficient (Wildman–Crippen LogP) is 3.89. The molecule has 0 fully saturated rings. The molecule has 1 amide bonds. The van der Waals surface area contributed by atoms with Gasteiger partial charge >= 0.3 is 0 Å². The fraction of sp³-hybridized carbons (Fsp3) is 0.500. The molecule has 1 aromatic carbocycles. The number of halogens is 2. The maximum absolute atomic E-state index is 12.6. The molecule has 0 aliphatic carbocycles. The van der Waals surface area contributed by atoms with Gasteiger partial charge in [-0.1, -0.05) is 55.3 Å². The van der Waals surface area contributed by atoms with Crippen molar-refractivity contribution in [2.24, 2.45) is 5.92 Å². The van der Waals surface area contributed by atoms with Crippen LogP contribution < -0.4 is 0 Å². The van der Waals surface area contributed by atoms with Crippen molar-refractivity contribution in [2.75, 3.05) is 26.7 Å². The number of rotatable bonds is 6. The first-order valence-corrected chi connectivity index (χ1v) is 8.71. The van der Waals surface area contributed by atoms with E-state index in [4.69, 9.17) is 23.2 Å². The third-order valence-electron chi connectivity index (χ3n) is 4.34. The highest BCUT2D eigenvalue weighted by Crippen LogP contribution is 2.23. The number of hydrogen-bond donors (Lipinski definition) is 0. The molecule has 0 unspecified atom stereocenters. The summed E-state index contributed by atoms with van der Waals surface area (Å²) in [5.74, 6) is 0.507. The van der Waals surface area contributed by atoms with E-state index in [0.717, 1.165) is 25.2 Å². The summed E-state index contributed by atoms with van der Waals surface area (Å²) in [6.45, 7) is 7.17. The summed E-state index contributed by atoms with van der Waals surface area (Å²) in [5.41, 5.74) is 0.890. The zero-order valence-corrected chi connectivity index (χ0v) is 15.4. The Morgan fingerprint density at radius 3 is 2.43 bits per heavy atom. The maximum atomic E-state index is 12.6. The largest absolute Gasteiger partial charge is 0.341 e. The SMILES string of the molecule is CC(C)[C@@H](CN1CC=CC1)N(C)C(=O)Cc1ccc(Cl)c(Cl)c1. The molecule has 0 saturated carbocycles. The molecule has 0 spiro atoms. The predicted molar refractivity (Wildman–Crippen MR) is 97.1 cm³/mol. The molecular weight excluding hydrogens is 331 g/mol. The van der Waals surface area contributed by atoms with Crippen molar-refractivity contribution in [3.05, 3.63) is 46.0 Å². The molecule has 0 radical (unpaired) electrons. The molecule has 0 aromatic heterocycles. The van der Waals surface area contributed by atoms with Crippen LogP contribution in [0, 0.1) is 5.92 Å². The van der Waals surface area contributed by atoms with Gasteiger partial charge in [0.1, 0.15) is 0 Å². The average Bonchev–Trinajstić information content (AvgIpc) is 3.00. The lowest BCUT2D eigenvalue weighted by Crippen LogP contribution is -2.47. The Kier molecular flexibility index (Phi) is 6.51. The van der Waals surface area contributed by atoms with Crippen molar-refractivity contribution in [1.29, 1.82) is 0 Å². The highest BCUT2D eigenvalue weighted by atomic mass is 35.5. The first-order chi connectivity index (χ1) is 10.9. The third kappa shape index (κ3) is 4.97. The molecule has 3 nitrogen and oxygen atoms in total. The zero-order chi connectivity index (χ0) is 17.0. The summed E-state index contributed by atoms with van der Waals surface area (Å²) in [5, 5.41) is 1.00. The van der Waals surface area contributed by atoms with Crippen LogP contribution in [0.4, 0.5) is 0 Å². The number of hydrogen-bond acceptors (Lipinski definition) is 2. The van der Waals surface area contributed by atoms with Gasteiger partial charge in [-0.15, -0.1) is 0 Å². The molecule has 0 saturated heterocycles. The number of amides is 1. The van der Waals surface area contributed by atoms with E-state index in [0.29, 0.717) is 22.4 Å². The van der Waals surface area contributed by atoms with Crippen LogP contribution in [0.5, 0.6) is 0 Å². The number of likely N-dealkylation sites (N-methyl/N-ethyl adjacent to an activating group) is 1. The van der Waals surface area contributed by atoms with Crippen LogP contribution in [0.25, 0.3) is 0 Å². The van der Waals surface area contributed by atoms with E-state index in [1.165, 1.54) is 0 Å². The van der Waals surface area contributed by atoms with Crippen molar-refractivity contribution < 1.29 is 4.79 Å². The zero-order valence-electron chi connectivity index (χ0n) is 13.9. The molecule has 1 aliphatic rings. The third-order valence-corrected chi connectivity index (χ3v) is 5.08. The van der Waals surface area contributed by atoms with E-state index >= 15 is 0 Å². The lowest BCUT2D eigenvalue weighted by Gasteiger charge is -2.34. The summed E-state index contributed by atoms with van der Waals surface area (Å²) in [7, 11) is 1.90. The Labute approximate surface area is 148 Å². The quantitative estimate of drug-likeness (QED) is 0.723. The Balaban J connectivity index is 2.01. The fourth-order valence-electron chi connectivity index (χ4n) is 2.85. The highest BCUT2D eigenvalue weighted by molar-refractivity contribution is 6.42. The summed E-state index contributed by atoms with van der Waals surface area (Å²) < 4.78 is 0. The first-order valence-electron chi connectivity index (χ1n) is 7.95. The van der Waals surface area contributed by atoms with Crippen LogP contribution in [-0.4, -0.2) is 48.4 Å². The molecule has 126 valence electrons. The molecule has 23 heavy (non-hydrogen) atoms. The molecule has 0 bridgehead atoms. The lowest BCUT2D eigenvalue weighted by atomic mass is 10.0. The van der Waals surface area contributed by atoms with Gasteiger partial charge in [-0.2, -0.15) is 0 Å². The van der Waals surface area contributed by atoms with Gasteiger partial charge in [-0.25, -0.2) is 0 Å². The Morgan fingerprint density at radius 1 is 1.22 bits per heavy atom. The highest BCUT2D eigenvalue weighted by Gasteiger charge is 2.25. The van der Waals surface area contributed by atoms with Gasteiger partial charge in [-0.05, 0) is 23.6 Å². The van der Waals surface area contributed by atoms with Crippen LogP contribution >= 0.6 is 23.2 Å². The summed E-state index contributed by atoms with van der Waals surface area (Å²) in [6.07, 6.45) is 4.69. The Hall–Kier alpha value is -1.03. The average molecular weight is 355 g/mol. The Bertz CT molecular complexity index is 578. The van der Waals surface area contributed by atoms with Gasteiger partial charge in [-0.3, -0.25) is 9.69 Å². The van der Waals surface area contributed by atoms with E-state index in [1.54, 1.807) is 12.1 Å². The van der Waals surface area contributed by atoms with Crippen molar-refractivity contribution in [1.82, 2.24) is 9.80 Å². The first kappa shape index (κ1) is 18.3. The van der Waals surface area contributed by atoms with Crippen molar-refractivity contribution in [3.63, 3.8) is 0 Å². The summed E-state index contributed by atoms with van der Waals surface area (Å²) in [4.78, 5) is 16.9. The topological polar surface area (TPSA) is 23.6 Å². The monoisotopic (exact) mass is 354 g/mol. The van der Waals surface area contributed by atoms with E-state index in [-0.39, 0.29) is 11.9 Å². The van der Waals surface area contributed by atoms with Gasteiger partial charge in [0.05, 0.1) is 16.5 Å². The van der Waals surface area contributed by atoms with E-state index in [2.05, 4.69) is 30.9 Å². The van der Waals surface area contributed by atoms with Crippen molar-refractivity contribution >= 4 is 29.1 Å². The van der Waals surface area contributed by atoms with Gasteiger partial charge < -0.3 is 4.90 Å². The Morgan fingerprint density at radius 2 is 1.87 bits per heavy atom. The molecule has 5 heteroatoms. The van der Waals surface area contributed by atoms with Gasteiger partial charge in [0.25, 0.3) is 0 Å².